The van der Waals surface area contributed by atoms with Crippen LogP contribution in [0.15, 0.2) is 24.3 Å². The summed E-state index contributed by atoms with van der Waals surface area (Å²) < 4.78 is 0. The van der Waals surface area contributed by atoms with Crippen LogP contribution in [-0.4, -0.2) is 24.6 Å². The van der Waals surface area contributed by atoms with Gasteiger partial charge in [0.1, 0.15) is 5.75 Å². The first-order valence-corrected chi connectivity index (χ1v) is 6.36. The maximum absolute atomic E-state index is 9.34. The third kappa shape index (κ3) is 4.90. The van der Waals surface area contributed by atoms with Crippen LogP contribution >= 0.6 is 0 Å². The first-order valence-electron chi connectivity index (χ1n) is 4.36. The highest BCUT2D eigenvalue weighted by Crippen LogP contribution is 2.17. The largest absolute Gasteiger partial charge is 0.508 e. The van der Waals surface area contributed by atoms with E-state index in [0.29, 0.717) is 5.75 Å². The van der Waals surface area contributed by atoms with Crippen molar-refractivity contribution in [1.82, 2.24) is 0 Å². The van der Waals surface area contributed by atoms with Crippen molar-refractivity contribution in [2.75, 3.05) is 0 Å². The summed E-state index contributed by atoms with van der Waals surface area (Å²) in [5.74, 6) is 0.431. The summed E-state index contributed by atoms with van der Waals surface area (Å²) >= 11 is 0. The molecule has 0 unspecified atom stereocenters. The molecular formula is C10H14OSi2. The molecule has 1 nitrogen and oxygen atoms in total. The molecule has 1 rings (SSSR count). The zero-order chi connectivity index (χ0) is 10.1. The second-order valence-electron chi connectivity index (χ2n) is 2.73. The average molecular weight is 206 g/mol. The summed E-state index contributed by atoms with van der Waals surface area (Å²) in [7, 11) is 5.56. The molecule has 0 spiro atoms. The highest BCUT2D eigenvalue weighted by Gasteiger charge is 1.96. The van der Waals surface area contributed by atoms with Crippen molar-refractivity contribution >= 4 is 19.5 Å². The molecule has 1 aromatic carbocycles. The zero-order valence-corrected chi connectivity index (χ0v) is 9.88. The van der Waals surface area contributed by atoms with E-state index >= 15 is 0 Å². The van der Waals surface area contributed by atoms with Gasteiger partial charge in [0.15, 0.2) is 0 Å². The maximum atomic E-state index is 9.34. The Morgan fingerprint density at radius 2 is 1.85 bits per heavy atom. The van der Waals surface area contributed by atoms with Crippen molar-refractivity contribution in [3.63, 3.8) is 0 Å². The number of hydrogen-bond donors (Lipinski definition) is 1. The number of para-hydroxylation sites is 1. The number of rotatable bonds is 3. The standard InChI is InChI=1S/C10H14O.Si2/c1-2-3-6-9-7-4-5-8-10(9)11;1-2/h4-5,7-8,11H,2-3,6H2,1H3;. The van der Waals surface area contributed by atoms with Crippen LogP contribution in [0, 0.1) is 0 Å². The minimum Gasteiger partial charge on any atom is -0.508 e. The smallest absolute Gasteiger partial charge is 0.118 e. The first kappa shape index (κ1) is 12.5. The molecule has 13 heavy (non-hydrogen) atoms. The second-order valence-corrected chi connectivity index (χ2v) is 2.73. The molecule has 0 fully saturated rings. The Bertz CT molecular complexity index is 226. The highest BCUT2D eigenvalue weighted by atomic mass is 29.1. The minimum atomic E-state index is 0.431. The van der Waals surface area contributed by atoms with Crippen molar-refractivity contribution in [3.05, 3.63) is 29.8 Å². The van der Waals surface area contributed by atoms with E-state index in [2.05, 4.69) is 26.4 Å². The van der Waals surface area contributed by atoms with Crippen molar-refractivity contribution in [3.8, 4) is 5.75 Å². The molecule has 1 N–H and O–H groups in total. The van der Waals surface area contributed by atoms with E-state index in [0.717, 1.165) is 18.4 Å². The van der Waals surface area contributed by atoms with Crippen molar-refractivity contribution in [1.29, 1.82) is 0 Å². The van der Waals surface area contributed by atoms with Gasteiger partial charge in [-0.15, -0.1) is 0 Å². The number of phenols is 1. The first-order chi connectivity index (χ1) is 6.34. The molecule has 0 aromatic heterocycles. The summed E-state index contributed by atoms with van der Waals surface area (Å²) in [6.07, 6.45) is 3.31. The summed E-state index contributed by atoms with van der Waals surface area (Å²) in [4.78, 5) is 0. The molecule has 1 aromatic rings. The topological polar surface area (TPSA) is 20.2 Å². The molecule has 68 valence electrons. The monoisotopic (exact) mass is 206 g/mol. The summed E-state index contributed by atoms with van der Waals surface area (Å²) in [5.41, 5.74) is 1.06. The van der Waals surface area contributed by atoms with Crippen LogP contribution in [0.4, 0.5) is 0 Å². The normalized spacial score (nSPS) is 8.85. The van der Waals surface area contributed by atoms with Gasteiger partial charge in [0.25, 0.3) is 0 Å². The van der Waals surface area contributed by atoms with E-state index in [1.165, 1.54) is 6.42 Å². The predicted octanol–water partition coefficient (Wildman–Crippen LogP) is 1.97. The number of aromatic hydroxyl groups is 1. The highest BCUT2D eigenvalue weighted by molar-refractivity contribution is 6.75. The van der Waals surface area contributed by atoms with E-state index in [1.807, 2.05) is 18.2 Å². The fraction of sp³-hybridized carbons (Fsp3) is 0.400. The van der Waals surface area contributed by atoms with Crippen LogP contribution in [-0.2, 0) is 6.42 Å². The molecule has 0 saturated heterocycles. The van der Waals surface area contributed by atoms with Crippen molar-refractivity contribution in [2.24, 2.45) is 0 Å². The molecule has 3 heteroatoms. The van der Waals surface area contributed by atoms with E-state index in [9.17, 15) is 5.11 Å². The third-order valence-corrected chi connectivity index (χ3v) is 1.79. The Hall–Kier alpha value is -0.546. The second kappa shape index (κ2) is 8.07. The summed E-state index contributed by atoms with van der Waals surface area (Å²) in [6, 6.07) is 7.53. The predicted molar refractivity (Wildman–Crippen MR) is 58.2 cm³/mol. The van der Waals surface area contributed by atoms with Gasteiger partial charge in [-0.1, -0.05) is 31.5 Å². The van der Waals surface area contributed by atoms with Crippen LogP contribution in [0.3, 0.4) is 0 Å². The number of benzene rings is 1. The van der Waals surface area contributed by atoms with E-state index < -0.39 is 0 Å². The van der Waals surface area contributed by atoms with Gasteiger partial charge >= 0.3 is 0 Å². The summed E-state index contributed by atoms with van der Waals surface area (Å²) in [5, 5.41) is 9.34. The van der Waals surface area contributed by atoms with Crippen LogP contribution in [0.5, 0.6) is 5.75 Å². The lowest BCUT2D eigenvalue weighted by Gasteiger charge is -2.01. The molecule has 0 saturated carbocycles. The van der Waals surface area contributed by atoms with Crippen LogP contribution < -0.4 is 0 Å². The number of aryl methyl sites for hydroxylation is 1. The Labute approximate surface area is 86.8 Å². The van der Waals surface area contributed by atoms with Gasteiger partial charge in [0, 0.05) is 19.5 Å². The fourth-order valence-electron chi connectivity index (χ4n) is 1.09. The number of unbranched alkanes of at least 4 members (excludes halogenated alkanes) is 1. The lowest BCUT2D eigenvalue weighted by atomic mass is 10.1. The Morgan fingerprint density at radius 3 is 2.38 bits per heavy atom. The van der Waals surface area contributed by atoms with Crippen LogP contribution in [0.25, 0.3) is 0 Å². The molecule has 6 radical (unpaired) electrons. The van der Waals surface area contributed by atoms with Crippen molar-refractivity contribution < 1.29 is 5.11 Å². The molecule has 0 aliphatic rings. The van der Waals surface area contributed by atoms with Gasteiger partial charge in [0.2, 0.25) is 0 Å². The molecular weight excluding hydrogens is 192 g/mol. The SMILES string of the molecule is CCCCc1ccccc1O.[Si][Si]. The lowest BCUT2D eigenvalue weighted by molar-refractivity contribution is 0.467. The van der Waals surface area contributed by atoms with Crippen molar-refractivity contribution in [2.45, 2.75) is 26.2 Å². The van der Waals surface area contributed by atoms with Gasteiger partial charge < -0.3 is 5.11 Å². The molecule has 0 atom stereocenters. The Kier molecular flexibility index (Phi) is 7.73. The van der Waals surface area contributed by atoms with Gasteiger partial charge in [-0.2, -0.15) is 0 Å². The van der Waals surface area contributed by atoms with Gasteiger partial charge in [-0.25, -0.2) is 0 Å². The molecule has 0 aliphatic carbocycles. The zero-order valence-electron chi connectivity index (χ0n) is 7.88. The molecule has 0 heterocycles. The molecule has 0 amide bonds. The third-order valence-electron chi connectivity index (χ3n) is 1.79. The minimum absolute atomic E-state index is 0.431. The molecule has 0 bridgehead atoms. The Morgan fingerprint density at radius 1 is 1.23 bits per heavy atom. The van der Waals surface area contributed by atoms with Gasteiger partial charge in [-0.05, 0) is 24.5 Å². The van der Waals surface area contributed by atoms with E-state index in [4.69, 9.17) is 0 Å². The van der Waals surface area contributed by atoms with Gasteiger partial charge in [0.05, 0.1) is 0 Å². The van der Waals surface area contributed by atoms with E-state index in [1.54, 1.807) is 6.07 Å². The van der Waals surface area contributed by atoms with Crippen LogP contribution in [0.2, 0.25) is 0 Å². The number of phenolic OH excluding ortho intramolecular Hbond substituents is 1. The summed E-state index contributed by atoms with van der Waals surface area (Å²) in [6.45, 7) is 2.15. The maximum Gasteiger partial charge on any atom is 0.118 e. The fourth-order valence-corrected chi connectivity index (χ4v) is 1.09. The van der Waals surface area contributed by atoms with Gasteiger partial charge in [-0.3, -0.25) is 0 Å². The van der Waals surface area contributed by atoms with E-state index in [-0.39, 0.29) is 0 Å². The lowest BCUT2D eigenvalue weighted by Crippen LogP contribution is -1.83. The Balaban J connectivity index is 0.000000671. The average Bonchev–Trinajstić information content (AvgIpc) is 2.20. The quantitative estimate of drug-likeness (QED) is 0.750. The molecule has 0 aliphatic heterocycles. The van der Waals surface area contributed by atoms with Crippen LogP contribution in [0.1, 0.15) is 25.3 Å². The number of hydrogen-bond acceptors (Lipinski definition) is 1.